The Morgan fingerprint density at radius 2 is 2.16 bits per heavy atom. The molecule has 0 fully saturated rings. The molecule has 0 atom stereocenters. The van der Waals surface area contributed by atoms with Crippen LogP contribution in [0.5, 0.6) is 5.75 Å². The summed E-state index contributed by atoms with van der Waals surface area (Å²) in [6.45, 7) is 0.504. The number of thiazole rings is 1. The Bertz CT molecular complexity index is 706. The van der Waals surface area contributed by atoms with E-state index in [9.17, 15) is 0 Å². The third-order valence-electron chi connectivity index (χ3n) is 2.88. The third kappa shape index (κ3) is 2.30. The summed E-state index contributed by atoms with van der Waals surface area (Å²) in [5.41, 5.74) is 8.42. The predicted octanol–water partition coefficient (Wildman–Crippen LogP) is 2.83. The van der Waals surface area contributed by atoms with E-state index >= 15 is 0 Å². The first-order valence-electron chi connectivity index (χ1n) is 5.90. The van der Waals surface area contributed by atoms with Crippen LogP contribution in [0.2, 0.25) is 0 Å². The van der Waals surface area contributed by atoms with Gasteiger partial charge < -0.3 is 10.5 Å². The number of fused-ring (bicyclic) bond motifs is 1. The zero-order valence-electron chi connectivity index (χ0n) is 10.5. The van der Waals surface area contributed by atoms with Gasteiger partial charge in [-0.15, -0.1) is 11.3 Å². The maximum atomic E-state index is 5.56. The molecule has 19 heavy (non-hydrogen) atoms. The first-order chi connectivity index (χ1) is 9.30. The highest BCUT2D eigenvalue weighted by atomic mass is 32.1. The molecule has 96 valence electrons. The molecule has 0 aliphatic carbocycles. The molecular formula is C14H13N3OS. The average Bonchev–Trinajstić information content (AvgIpc) is 2.90. The number of pyridine rings is 1. The predicted molar refractivity (Wildman–Crippen MR) is 77.3 cm³/mol. The van der Waals surface area contributed by atoms with E-state index in [4.69, 9.17) is 10.5 Å². The molecule has 3 rings (SSSR count). The van der Waals surface area contributed by atoms with E-state index in [-0.39, 0.29) is 0 Å². The molecular weight excluding hydrogens is 258 g/mol. The van der Waals surface area contributed by atoms with Crippen molar-refractivity contribution in [1.82, 2.24) is 9.97 Å². The van der Waals surface area contributed by atoms with Gasteiger partial charge >= 0.3 is 0 Å². The van der Waals surface area contributed by atoms with Crippen LogP contribution < -0.4 is 10.5 Å². The monoisotopic (exact) mass is 271 g/mol. The van der Waals surface area contributed by atoms with Crippen molar-refractivity contribution in [1.29, 1.82) is 0 Å². The van der Waals surface area contributed by atoms with Crippen LogP contribution in [-0.4, -0.2) is 17.1 Å². The van der Waals surface area contributed by atoms with Crippen LogP contribution >= 0.6 is 11.3 Å². The van der Waals surface area contributed by atoms with Gasteiger partial charge in [-0.05, 0) is 29.8 Å². The number of methoxy groups -OCH3 is 1. The molecule has 3 aromatic rings. The normalized spacial score (nSPS) is 10.8. The average molecular weight is 271 g/mol. The number of hydrogen-bond donors (Lipinski definition) is 1. The number of aromatic nitrogens is 2. The molecule has 0 spiro atoms. The van der Waals surface area contributed by atoms with Gasteiger partial charge in [0.05, 0.1) is 23.0 Å². The quantitative estimate of drug-likeness (QED) is 0.795. The van der Waals surface area contributed by atoms with Crippen molar-refractivity contribution in [3.05, 3.63) is 42.1 Å². The fourth-order valence-corrected chi connectivity index (χ4v) is 2.78. The van der Waals surface area contributed by atoms with E-state index in [0.717, 1.165) is 32.2 Å². The lowest BCUT2D eigenvalue weighted by Gasteiger charge is -1.97. The second-order valence-corrected chi connectivity index (χ2v) is 5.14. The number of ether oxygens (including phenoxy) is 1. The van der Waals surface area contributed by atoms with Gasteiger partial charge in [0.1, 0.15) is 10.8 Å². The molecule has 0 aliphatic heterocycles. The lowest BCUT2D eigenvalue weighted by atomic mass is 10.2. The number of hydrogen-bond acceptors (Lipinski definition) is 5. The van der Waals surface area contributed by atoms with Crippen LogP contribution in [-0.2, 0) is 6.54 Å². The van der Waals surface area contributed by atoms with Crippen molar-refractivity contribution < 1.29 is 4.74 Å². The summed E-state index contributed by atoms with van der Waals surface area (Å²) in [6.07, 6.45) is 1.79. The van der Waals surface area contributed by atoms with Gasteiger partial charge in [0.25, 0.3) is 0 Å². The number of nitrogens with two attached hydrogens (primary N) is 1. The number of rotatable bonds is 3. The van der Waals surface area contributed by atoms with Crippen molar-refractivity contribution in [3.63, 3.8) is 0 Å². The molecule has 5 heteroatoms. The minimum atomic E-state index is 0.504. The Balaban J connectivity index is 2.04. The molecule has 0 aliphatic rings. The van der Waals surface area contributed by atoms with Gasteiger partial charge in [-0.1, -0.05) is 6.07 Å². The van der Waals surface area contributed by atoms with E-state index in [2.05, 4.69) is 9.97 Å². The molecule has 4 nitrogen and oxygen atoms in total. The highest BCUT2D eigenvalue weighted by Gasteiger charge is 2.08. The summed E-state index contributed by atoms with van der Waals surface area (Å²) in [4.78, 5) is 8.98. The molecule has 0 bridgehead atoms. The summed E-state index contributed by atoms with van der Waals surface area (Å²) >= 11 is 1.61. The lowest BCUT2D eigenvalue weighted by molar-refractivity contribution is 0.415. The van der Waals surface area contributed by atoms with Gasteiger partial charge in [0, 0.05) is 12.7 Å². The van der Waals surface area contributed by atoms with Crippen LogP contribution in [0.4, 0.5) is 0 Å². The zero-order valence-corrected chi connectivity index (χ0v) is 11.3. The SMILES string of the molecule is COc1ccc2nc(-c3ccc(CN)cn3)sc2c1. The van der Waals surface area contributed by atoms with E-state index in [1.54, 1.807) is 24.6 Å². The summed E-state index contributed by atoms with van der Waals surface area (Å²) in [6, 6.07) is 9.80. The largest absolute Gasteiger partial charge is 0.497 e. The number of nitrogens with zero attached hydrogens (tertiary/aromatic N) is 2. The van der Waals surface area contributed by atoms with E-state index < -0.39 is 0 Å². The van der Waals surface area contributed by atoms with Gasteiger partial charge in [-0.3, -0.25) is 4.98 Å². The van der Waals surface area contributed by atoms with Crippen LogP contribution in [0.25, 0.3) is 20.9 Å². The molecule has 2 aromatic heterocycles. The lowest BCUT2D eigenvalue weighted by Crippen LogP contribution is -1.96. The maximum Gasteiger partial charge on any atom is 0.143 e. The Hall–Kier alpha value is -1.98. The van der Waals surface area contributed by atoms with Crippen LogP contribution in [0.3, 0.4) is 0 Å². The minimum Gasteiger partial charge on any atom is -0.497 e. The Labute approximate surface area is 114 Å². The van der Waals surface area contributed by atoms with Crippen LogP contribution in [0, 0.1) is 0 Å². The van der Waals surface area contributed by atoms with Gasteiger partial charge in [-0.25, -0.2) is 4.98 Å². The van der Waals surface area contributed by atoms with Crippen molar-refractivity contribution >= 4 is 21.6 Å². The first-order valence-corrected chi connectivity index (χ1v) is 6.72. The Morgan fingerprint density at radius 3 is 2.84 bits per heavy atom. The highest BCUT2D eigenvalue weighted by molar-refractivity contribution is 7.21. The summed E-state index contributed by atoms with van der Waals surface area (Å²) < 4.78 is 6.31. The second kappa shape index (κ2) is 4.95. The fraction of sp³-hybridized carbons (Fsp3) is 0.143. The second-order valence-electron chi connectivity index (χ2n) is 4.11. The van der Waals surface area contributed by atoms with E-state index in [0.29, 0.717) is 6.54 Å². The molecule has 2 heterocycles. The van der Waals surface area contributed by atoms with Gasteiger partial charge in [-0.2, -0.15) is 0 Å². The maximum absolute atomic E-state index is 5.56. The molecule has 1 aromatic carbocycles. The zero-order chi connectivity index (χ0) is 13.2. The molecule has 0 amide bonds. The molecule has 0 unspecified atom stereocenters. The number of benzene rings is 1. The van der Waals surface area contributed by atoms with Crippen LogP contribution in [0.1, 0.15) is 5.56 Å². The van der Waals surface area contributed by atoms with Crippen molar-refractivity contribution in [2.75, 3.05) is 7.11 Å². The first kappa shape index (κ1) is 12.1. The third-order valence-corrected chi connectivity index (χ3v) is 3.92. The summed E-state index contributed by atoms with van der Waals surface area (Å²) in [5, 5.41) is 0.909. The van der Waals surface area contributed by atoms with Crippen molar-refractivity contribution in [2.45, 2.75) is 6.54 Å². The fourth-order valence-electron chi connectivity index (χ4n) is 1.81. The van der Waals surface area contributed by atoms with Crippen molar-refractivity contribution in [2.24, 2.45) is 5.73 Å². The molecule has 0 radical (unpaired) electrons. The molecule has 0 saturated heterocycles. The van der Waals surface area contributed by atoms with Crippen LogP contribution in [0.15, 0.2) is 36.5 Å². The Morgan fingerprint density at radius 1 is 1.26 bits per heavy atom. The summed E-state index contributed by atoms with van der Waals surface area (Å²) in [7, 11) is 1.66. The topological polar surface area (TPSA) is 61.0 Å². The standard InChI is InChI=1S/C14H13N3OS/c1-18-10-3-5-11-13(6-10)19-14(17-11)12-4-2-9(7-15)8-16-12/h2-6,8H,7,15H2,1H3. The summed E-state index contributed by atoms with van der Waals surface area (Å²) in [5.74, 6) is 0.842. The molecule has 0 saturated carbocycles. The minimum absolute atomic E-state index is 0.504. The molecule has 2 N–H and O–H groups in total. The smallest absolute Gasteiger partial charge is 0.143 e. The van der Waals surface area contributed by atoms with Gasteiger partial charge in [0.15, 0.2) is 0 Å². The van der Waals surface area contributed by atoms with Crippen molar-refractivity contribution in [3.8, 4) is 16.5 Å². The van der Waals surface area contributed by atoms with E-state index in [1.165, 1.54) is 0 Å². The Kier molecular flexibility index (Phi) is 3.15. The van der Waals surface area contributed by atoms with E-state index in [1.807, 2.05) is 30.3 Å². The highest BCUT2D eigenvalue weighted by Crippen LogP contribution is 2.31. The van der Waals surface area contributed by atoms with Gasteiger partial charge in [0.2, 0.25) is 0 Å².